The lowest BCUT2D eigenvalue weighted by atomic mass is 9.99. The van der Waals surface area contributed by atoms with Crippen LogP contribution in [0.25, 0.3) is 0 Å². The molecule has 1 heterocycles. The van der Waals surface area contributed by atoms with Crippen LogP contribution in [0.5, 0.6) is 34.5 Å². The molecule has 1 saturated heterocycles. The van der Waals surface area contributed by atoms with Gasteiger partial charge in [0.2, 0.25) is 12.0 Å². The smallest absolute Gasteiger partial charge is 0.338 e. The molecular weight excluding hydrogens is 456 g/mol. The summed E-state index contributed by atoms with van der Waals surface area (Å²) < 4.78 is 31.4. The van der Waals surface area contributed by atoms with Crippen LogP contribution in [-0.4, -0.2) is 90.1 Å². The van der Waals surface area contributed by atoms with Crippen LogP contribution in [-0.2, 0) is 9.47 Å². The van der Waals surface area contributed by atoms with E-state index in [-0.39, 0.29) is 40.1 Å². The topological polar surface area (TPSA) is 174 Å². The van der Waals surface area contributed by atoms with Gasteiger partial charge >= 0.3 is 5.97 Å². The standard InChI is InChI=1S/C22H26O12/c1-29-13-8-11(23)4-5-12(13)33-22-20(27)19(26)18(25)16(34-22)9-32-21(28)10-6-14(30-2)17(24)15(7-10)31-3/h4-8,16,18-20,22-27H,9H2,1-3H3/t16-,18-,19+,20-,22+/m1/s1. The van der Waals surface area contributed by atoms with Crippen LogP contribution >= 0.6 is 0 Å². The summed E-state index contributed by atoms with van der Waals surface area (Å²) in [5.74, 6) is -1.05. The third-order valence-electron chi connectivity index (χ3n) is 5.15. The second kappa shape index (κ2) is 10.7. The predicted molar refractivity (Wildman–Crippen MR) is 113 cm³/mol. The molecule has 0 amide bonds. The van der Waals surface area contributed by atoms with Gasteiger partial charge in [0.1, 0.15) is 36.8 Å². The SMILES string of the molecule is COc1cc(O)ccc1O[C@H]1O[C@H](COC(=O)c2cc(OC)c(O)c(OC)c2)[C@@H](O)[C@H](O)[C@H]1O. The summed E-state index contributed by atoms with van der Waals surface area (Å²) in [4.78, 5) is 12.5. The van der Waals surface area contributed by atoms with Crippen molar-refractivity contribution in [3.63, 3.8) is 0 Å². The van der Waals surface area contributed by atoms with Gasteiger partial charge in [-0.2, -0.15) is 0 Å². The molecule has 12 heteroatoms. The van der Waals surface area contributed by atoms with Crippen LogP contribution in [0.4, 0.5) is 0 Å². The number of phenolic OH excluding ortho intramolecular Hbond substituents is 2. The number of aliphatic hydroxyl groups excluding tert-OH is 3. The van der Waals surface area contributed by atoms with E-state index in [2.05, 4.69) is 0 Å². The summed E-state index contributed by atoms with van der Waals surface area (Å²) in [5, 5.41) is 50.4. The van der Waals surface area contributed by atoms with E-state index in [0.717, 1.165) is 0 Å². The van der Waals surface area contributed by atoms with E-state index in [1.165, 1.54) is 51.7 Å². The summed E-state index contributed by atoms with van der Waals surface area (Å²) in [6, 6.07) is 6.43. The minimum absolute atomic E-state index is 0.0148. The van der Waals surface area contributed by atoms with Crippen molar-refractivity contribution >= 4 is 5.97 Å². The molecule has 12 nitrogen and oxygen atoms in total. The zero-order valence-electron chi connectivity index (χ0n) is 18.6. The van der Waals surface area contributed by atoms with Crippen molar-refractivity contribution < 1.29 is 58.7 Å². The largest absolute Gasteiger partial charge is 0.508 e. The first-order valence-corrected chi connectivity index (χ1v) is 10.1. The van der Waals surface area contributed by atoms with Crippen molar-refractivity contribution in [3.05, 3.63) is 35.9 Å². The lowest BCUT2D eigenvalue weighted by Crippen LogP contribution is -2.60. The van der Waals surface area contributed by atoms with Gasteiger partial charge in [-0.15, -0.1) is 0 Å². The first kappa shape index (κ1) is 25.2. The minimum atomic E-state index is -1.68. The van der Waals surface area contributed by atoms with E-state index in [0.29, 0.717) is 0 Å². The predicted octanol–water partition coefficient (Wildman–Crippen LogP) is 0.167. The average Bonchev–Trinajstić information content (AvgIpc) is 2.84. The van der Waals surface area contributed by atoms with Gasteiger partial charge in [0, 0.05) is 6.07 Å². The summed E-state index contributed by atoms with van der Waals surface area (Å²) >= 11 is 0. The van der Waals surface area contributed by atoms with Crippen molar-refractivity contribution in [2.75, 3.05) is 27.9 Å². The Balaban J connectivity index is 1.72. The highest BCUT2D eigenvalue weighted by molar-refractivity contribution is 5.91. The normalized spacial score (nSPS) is 24.2. The van der Waals surface area contributed by atoms with E-state index >= 15 is 0 Å². The molecule has 0 spiro atoms. The number of ether oxygens (including phenoxy) is 6. The Morgan fingerprint density at radius 3 is 2.06 bits per heavy atom. The van der Waals surface area contributed by atoms with Crippen LogP contribution in [0, 0.1) is 0 Å². The van der Waals surface area contributed by atoms with Crippen LogP contribution in [0.3, 0.4) is 0 Å². The van der Waals surface area contributed by atoms with Crippen molar-refractivity contribution in [1.82, 2.24) is 0 Å². The number of rotatable bonds is 8. The fourth-order valence-corrected chi connectivity index (χ4v) is 3.28. The Morgan fingerprint density at radius 1 is 0.853 bits per heavy atom. The second-order valence-corrected chi connectivity index (χ2v) is 7.30. The van der Waals surface area contributed by atoms with Crippen molar-refractivity contribution in [2.24, 2.45) is 0 Å². The number of carbonyl (C=O) groups excluding carboxylic acids is 1. The highest BCUT2D eigenvalue weighted by atomic mass is 16.7. The Kier molecular flexibility index (Phi) is 7.89. The third kappa shape index (κ3) is 5.20. The summed E-state index contributed by atoms with van der Waals surface area (Å²) in [5.41, 5.74) is -0.0148. The molecule has 1 fully saturated rings. The molecule has 186 valence electrons. The Bertz CT molecular complexity index is 984. The first-order valence-electron chi connectivity index (χ1n) is 10.1. The van der Waals surface area contributed by atoms with Crippen LogP contribution < -0.4 is 18.9 Å². The van der Waals surface area contributed by atoms with Gasteiger partial charge in [-0.1, -0.05) is 0 Å². The number of phenols is 2. The van der Waals surface area contributed by atoms with Crippen LogP contribution in [0.15, 0.2) is 30.3 Å². The van der Waals surface area contributed by atoms with Gasteiger partial charge in [-0.05, 0) is 24.3 Å². The molecule has 5 N–H and O–H groups in total. The van der Waals surface area contributed by atoms with Crippen molar-refractivity contribution in [3.8, 4) is 34.5 Å². The Hall–Kier alpha value is -3.45. The molecule has 0 aromatic heterocycles. The molecule has 0 saturated carbocycles. The molecule has 0 bridgehead atoms. The molecule has 0 radical (unpaired) electrons. The number of hydrogen-bond acceptors (Lipinski definition) is 12. The van der Waals surface area contributed by atoms with E-state index in [1.54, 1.807) is 0 Å². The zero-order valence-corrected chi connectivity index (χ0v) is 18.6. The quantitative estimate of drug-likeness (QED) is 0.323. The number of methoxy groups -OCH3 is 3. The number of aromatic hydroxyl groups is 2. The molecule has 0 aliphatic carbocycles. The molecule has 0 unspecified atom stereocenters. The van der Waals surface area contributed by atoms with Crippen molar-refractivity contribution in [2.45, 2.75) is 30.7 Å². The molecule has 5 atom stereocenters. The number of benzene rings is 2. The maximum atomic E-state index is 12.5. The van der Waals surface area contributed by atoms with Gasteiger partial charge in [0.15, 0.2) is 23.0 Å². The van der Waals surface area contributed by atoms with Gasteiger partial charge in [-0.3, -0.25) is 0 Å². The fourth-order valence-electron chi connectivity index (χ4n) is 3.28. The molecule has 34 heavy (non-hydrogen) atoms. The van der Waals surface area contributed by atoms with Gasteiger partial charge in [-0.25, -0.2) is 4.79 Å². The Labute approximate surface area is 194 Å². The summed E-state index contributed by atoms with van der Waals surface area (Å²) in [7, 11) is 3.94. The summed E-state index contributed by atoms with van der Waals surface area (Å²) in [6.45, 7) is -0.512. The first-order chi connectivity index (χ1) is 16.2. The lowest BCUT2D eigenvalue weighted by Gasteiger charge is -2.40. The fraction of sp³-hybridized carbons (Fsp3) is 0.409. The summed E-state index contributed by atoms with van der Waals surface area (Å²) in [6.07, 6.45) is -7.66. The van der Waals surface area contributed by atoms with Gasteiger partial charge in [0.25, 0.3) is 0 Å². The molecule has 1 aliphatic rings. The molecule has 2 aromatic carbocycles. The molecular formula is C22H26O12. The second-order valence-electron chi connectivity index (χ2n) is 7.30. The van der Waals surface area contributed by atoms with Gasteiger partial charge in [0.05, 0.1) is 26.9 Å². The minimum Gasteiger partial charge on any atom is -0.508 e. The van der Waals surface area contributed by atoms with Crippen LogP contribution in [0.2, 0.25) is 0 Å². The average molecular weight is 482 g/mol. The van der Waals surface area contributed by atoms with Crippen molar-refractivity contribution in [1.29, 1.82) is 0 Å². The molecule has 1 aliphatic heterocycles. The zero-order chi connectivity index (χ0) is 25.0. The van der Waals surface area contributed by atoms with E-state index < -0.39 is 43.3 Å². The van der Waals surface area contributed by atoms with Crippen LogP contribution in [0.1, 0.15) is 10.4 Å². The number of carbonyl (C=O) groups is 1. The van der Waals surface area contributed by atoms with E-state index in [4.69, 9.17) is 28.4 Å². The van der Waals surface area contributed by atoms with E-state index in [9.17, 15) is 30.3 Å². The molecule has 2 aromatic rings. The molecule has 3 rings (SSSR count). The highest BCUT2D eigenvalue weighted by Gasteiger charge is 2.45. The number of esters is 1. The monoisotopic (exact) mass is 482 g/mol. The lowest BCUT2D eigenvalue weighted by molar-refractivity contribution is -0.277. The van der Waals surface area contributed by atoms with Gasteiger partial charge < -0.3 is 54.0 Å². The Morgan fingerprint density at radius 2 is 1.47 bits per heavy atom. The number of aliphatic hydroxyl groups is 3. The highest BCUT2D eigenvalue weighted by Crippen LogP contribution is 2.37. The maximum Gasteiger partial charge on any atom is 0.338 e. The van der Waals surface area contributed by atoms with E-state index in [1.807, 2.05) is 0 Å². The number of hydrogen-bond donors (Lipinski definition) is 5. The maximum absolute atomic E-state index is 12.5. The third-order valence-corrected chi connectivity index (χ3v) is 5.15.